The highest BCUT2D eigenvalue weighted by atomic mass is 35.5. The molecule has 0 aliphatic rings. The molecule has 0 aliphatic carbocycles. The van der Waals surface area contributed by atoms with Crippen molar-refractivity contribution in [3.05, 3.63) is 64.4 Å². The van der Waals surface area contributed by atoms with E-state index in [9.17, 15) is 17.6 Å². The van der Waals surface area contributed by atoms with E-state index in [-0.39, 0.29) is 22.2 Å². The molecule has 4 rings (SSSR count). The van der Waals surface area contributed by atoms with Crippen molar-refractivity contribution in [3.8, 4) is 38.3 Å². The second-order valence-corrected chi connectivity index (χ2v) is 9.01. The SMILES string of the molecule is Cn1nc(-c2c(F)cccc2Cl)nc1-c1sc(-c2ccc(OC(F)(F)C(F)Cl)cc2)cc1Cl. The van der Waals surface area contributed by atoms with Gasteiger partial charge in [0.25, 0.3) is 5.63 Å². The Morgan fingerprint density at radius 2 is 1.79 bits per heavy atom. The topological polar surface area (TPSA) is 39.9 Å². The monoisotopic (exact) mass is 535 g/mol. The van der Waals surface area contributed by atoms with Gasteiger partial charge in [0.15, 0.2) is 11.6 Å². The van der Waals surface area contributed by atoms with Crippen LogP contribution in [0.15, 0.2) is 48.5 Å². The minimum atomic E-state index is -4.16. The molecule has 2 aromatic heterocycles. The summed E-state index contributed by atoms with van der Waals surface area (Å²) < 4.78 is 59.4. The Labute approximate surface area is 204 Å². The van der Waals surface area contributed by atoms with E-state index in [4.69, 9.17) is 34.8 Å². The van der Waals surface area contributed by atoms with Gasteiger partial charge in [0.05, 0.1) is 20.5 Å². The number of hydrogen-bond acceptors (Lipinski definition) is 4. The Kier molecular flexibility index (Phi) is 6.59. The molecule has 0 amide bonds. The predicted molar refractivity (Wildman–Crippen MR) is 121 cm³/mol. The van der Waals surface area contributed by atoms with E-state index in [0.29, 0.717) is 26.2 Å². The molecule has 0 radical (unpaired) electrons. The molecule has 4 aromatic rings. The molecule has 4 nitrogen and oxygen atoms in total. The van der Waals surface area contributed by atoms with Gasteiger partial charge in [-0.05, 0) is 48.0 Å². The average molecular weight is 537 g/mol. The molecule has 0 spiro atoms. The van der Waals surface area contributed by atoms with E-state index in [1.807, 2.05) is 0 Å². The first-order valence-corrected chi connectivity index (χ1v) is 11.2. The van der Waals surface area contributed by atoms with E-state index in [1.165, 1.54) is 58.5 Å². The van der Waals surface area contributed by atoms with E-state index in [1.54, 1.807) is 13.1 Å². The van der Waals surface area contributed by atoms with Crippen molar-refractivity contribution in [1.29, 1.82) is 0 Å². The molecule has 0 fully saturated rings. The van der Waals surface area contributed by atoms with Crippen molar-refractivity contribution in [1.82, 2.24) is 14.8 Å². The number of aromatic nitrogens is 3. The number of aryl methyl sites for hydroxylation is 1. The molecule has 1 unspecified atom stereocenters. The van der Waals surface area contributed by atoms with Crippen LogP contribution >= 0.6 is 46.1 Å². The number of hydrogen-bond donors (Lipinski definition) is 0. The Bertz CT molecular complexity index is 1290. The number of thiophene rings is 1. The lowest BCUT2D eigenvalue weighted by molar-refractivity contribution is -0.199. The molecule has 0 aliphatic heterocycles. The number of ether oxygens (including phenoxy) is 1. The molecule has 33 heavy (non-hydrogen) atoms. The quantitative estimate of drug-likeness (QED) is 0.186. The summed E-state index contributed by atoms with van der Waals surface area (Å²) in [7, 11) is 1.64. The minimum Gasteiger partial charge on any atom is -0.429 e. The van der Waals surface area contributed by atoms with E-state index < -0.39 is 17.6 Å². The van der Waals surface area contributed by atoms with Gasteiger partial charge in [-0.2, -0.15) is 13.9 Å². The van der Waals surface area contributed by atoms with Crippen molar-refractivity contribution < 1.29 is 22.3 Å². The fourth-order valence-corrected chi connectivity index (χ4v) is 4.69. The van der Waals surface area contributed by atoms with Crippen LogP contribution < -0.4 is 4.74 Å². The molecule has 2 heterocycles. The van der Waals surface area contributed by atoms with Gasteiger partial charge >= 0.3 is 6.11 Å². The molecule has 0 bridgehead atoms. The van der Waals surface area contributed by atoms with Crippen molar-refractivity contribution in [2.75, 3.05) is 0 Å². The molecule has 2 aromatic carbocycles. The zero-order chi connectivity index (χ0) is 23.9. The number of rotatable bonds is 6. The molecule has 0 saturated carbocycles. The van der Waals surface area contributed by atoms with Gasteiger partial charge in [0.2, 0.25) is 0 Å². The Balaban J connectivity index is 1.64. The summed E-state index contributed by atoms with van der Waals surface area (Å²) in [5.74, 6) is -0.316. The summed E-state index contributed by atoms with van der Waals surface area (Å²) in [5.41, 5.74) is -2.26. The smallest absolute Gasteiger partial charge is 0.429 e. The number of benzene rings is 2. The lowest BCUT2D eigenvalue weighted by atomic mass is 10.2. The van der Waals surface area contributed by atoms with Crippen LogP contribution in [-0.4, -0.2) is 26.5 Å². The van der Waals surface area contributed by atoms with Crippen molar-refractivity contribution in [3.63, 3.8) is 0 Å². The van der Waals surface area contributed by atoms with Crippen molar-refractivity contribution in [2.24, 2.45) is 7.05 Å². The van der Waals surface area contributed by atoms with Crippen molar-refractivity contribution in [2.45, 2.75) is 11.7 Å². The van der Waals surface area contributed by atoms with Gasteiger partial charge in [-0.25, -0.2) is 18.4 Å². The Morgan fingerprint density at radius 1 is 1.09 bits per heavy atom. The van der Waals surface area contributed by atoms with Crippen LogP contribution in [0.1, 0.15) is 0 Å². The number of halogens is 7. The summed E-state index contributed by atoms with van der Waals surface area (Å²) in [6, 6.07) is 11.5. The second-order valence-electron chi connectivity index (χ2n) is 6.76. The molecule has 0 saturated heterocycles. The van der Waals surface area contributed by atoms with E-state index in [0.717, 1.165) is 0 Å². The molecular formula is C21H12Cl3F4N3OS. The summed E-state index contributed by atoms with van der Waals surface area (Å²) in [4.78, 5) is 5.67. The van der Waals surface area contributed by atoms with Gasteiger partial charge in [-0.1, -0.05) is 40.9 Å². The van der Waals surface area contributed by atoms with Crippen LogP contribution in [0.5, 0.6) is 5.75 Å². The average Bonchev–Trinajstić information content (AvgIpc) is 3.30. The fraction of sp³-hybridized carbons (Fsp3) is 0.143. The standard InChI is InChI=1S/C21H12Cl3F4N3OS/c1-31-19(29-18(30-31)16-12(22)3-2-4-14(16)25)17-13(23)9-15(33-17)10-5-7-11(8-6-10)32-21(27,28)20(24)26/h2-9,20H,1H3. The van der Waals surface area contributed by atoms with E-state index >= 15 is 0 Å². The third-order valence-corrected chi connectivity index (χ3v) is 6.65. The minimum absolute atomic E-state index is 0.0776. The van der Waals surface area contributed by atoms with Crippen LogP contribution in [0, 0.1) is 5.82 Å². The molecule has 0 N–H and O–H groups in total. The highest BCUT2D eigenvalue weighted by molar-refractivity contribution is 7.19. The van der Waals surface area contributed by atoms with Gasteiger partial charge in [0, 0.05) is 11.9 Å². The molecule has 12 heteroatoms. The van der Waals surface area contributed by atoms with Crippen LogP contribution in [-0.2, 0) is 7.05 Å². The predicted octanol–water partition coefficient (Wildman–Crippen LogP) is 7.83. The fourth-order valence-electron chi connectivity index (χ4n) is 2.95. The summed E-state index contributed by atoms with van der Waals surface area (Å²) in [6.45, 7) is 0. The molecule has 172 valence electrons. The lowest BCUT2D eigenvalue weighted by Gasteiger charge is -2.17. The van der Waals surface area contributed by atoms with Crippen LogP contribution in [0.2, 0.25) is 10.0 Å². The van der Waals surface area contributed by atoms with E-state index in [2.05, 4.69) is 14.8 Å². The van der Waals surface area contributed by atoms with Gasteiger partial charge in [-0.15, -0.1) is 11.3 Å². The van der Waals surface area contributed by atoms with Gasteiger partial charge in [-0.3, -0.25) is 0 Å². The highest BCUT2D eigenvalue weighted by Gasteiger charge is 2.42. The summed E-state index contributed by atoms with van der Waals surface area (Å²) >= 11 is 18.6. The van der Waals surface area contributed by atoms with Gasteiger partial charge in [0.1, 0.15) is 11.6 Å². The maximum Gasteiger partial charge on any atom is 0.444 e. The highest BCUT2D eigenvalue weighted by Crippen LogP contribution is 2.41. The zero-order valence-electron chi connectivity index (χ0n) is 16.5. The van der Waals surface area contributed by atoms with Gasteiger partial charge < -0.3 is 4.74 Å². The lowest BCUT2D eigenvalue weighted by Crippen LogP contribution is -2.32. The largest absolute Gasteiger partial charge is 0.444 e. The second kappa shape index (κ2) is 9.13. The first kappa shape index (κ1) is 23.8. The maximum atomic E-state index is 14.3. The number of nitrogens with zero attached hydrogens (tertiary/aromatic N) is 3. The normalized spacial score (nSPS) is 12.7. The first-order chi connectivity index (χ1) is 15.6. The molecular weight excluding hydrogens is 525 g/mol. The summed E-state index contributed by atoms with van der Waals surface area (Å²) in [5, 5.41) is 4.80. The summed E-state index contributed by atoms with van der Waals surface area (Å²) in [6.07, 6.45) is -4.16. The van der Waals surface area contributed by atoms with Crippen LogP contribution in [0.4, 0.5) is 17.6 Å². The van der Waals surface area contributed by atoms with Crippen molar-refractivity contribution >= 4 is 46.1 Å². The zero-order valence-corrected chi connectivity index (χ0v) is 19.6. The maximum absolute atomic E-state index is 14.3. The van der Waals surface area contributed by atoms with Crippen LogP contribution in [0.25, 0.3) is 32.5 Å². The Morgan fingerprint density at radius 3 is 2.42 bits per heavy atom. The van der Waals surface area contributed by atoms with Crippen LogP contribution in [0.3, 0.4) is 0 Å². The first-order valence-electron chi connectivity index (χ1n) is 9.17. The third-order valence-electron chi connectivity index (χ3n) is 4.49. The molecule has 1 atom stereocenters. The number of alkyl halides is 4. The third kappa shape index (κ3) is 4.82. The Hall–Kier alpha value is -2.33.